The van der Waals surface area contributed by atoms with Gasteiger partial charge in [-0.2, -0.15) is 0 Å². The van der Waals surface area contributed by atoms with Crippen LogP contribution in [0.25, 0.3) is 11.1 Å². The highest BCUT2D eigenvalue weighted by Crippen LogP contribution is 2.24. The predicted molar refractivity (Wildman–Crippen MR) is 105 cm³/mol. The van der Waals surface area contributed by atoms with Gasteiger partial charge in [0.15, 0.2) is 0 Å². The second-order valence-corrected chi connectivity index (χ2v) is 7.37. The van der Waals surface area contributed by atoms with Crippen LogP contribution in [0.1, 0.15) is 54.2 Å². The predicted octanol–water partition coefficient (Wildman–Crippen LogP) is 3.72. The molecule has 1 aliphatic heterocycles. The first-order valence-corrected chi connectivity index (χ1v) is 9.44. The van der Waals surface area contributed by atoms with E-state index >= 15 is 0 Å². The van der Waals surface area contributed by atoms with Gasteiger partial charge in [-0.3, -0.25) is 9.59 Å². The third kappa shape index (κ3) is 3.60. The molecular weight excluding hydrogens is 356 g/mol. The van der Waals surface area contributed by atoms with Crippen LogP contribution in [0.15, 0.2) is 41.1 Å². The molecule has 2 amide bonds. The van der Waals surface area contributed by atoms with Gasteiger partial charge < -0.3 is 14.7 Å². The summed E-state index contributed by atoms with van der Waals surface area (Å²) >= 11 is 0. The van der Waals surface area contributed by atoms with Crippen LogP contribution in [0, 0.1) is 0 Å². The van der Waals surface area contributed by atoms with E-state index in [0.29, 0.717) is 29.9 Å². The Labute approximate surface area is 162 Å². The summed E-state index contributed by atoms with van der Waals surface area (Å²) in [7, 11) is 0. The third-order valence-electron chi connectivity index (χ3n) is 4.92. The second-order valence-electron chi connectivity index (χ2n) is 7.37. The number of carbonyl (C=O) groups excluding carboxylic acids is 2. The number of hydrogen-bond acceptors (Lipinski definition) is 5. The molecule has 0 unspecified atom stereocenters. The van der Waals surface area contributed by atoms with E-state index in [0.717, 1.165) is 29.6 Å². The van der Waals surface area contributed by atoms with Gasteiger partial charge in [0, 0.05) is 31.4 Å². The number of fused-ring (bicyclic) bond motifs is 1. The number of amides is 2. The largest absolute Gasteiger partial charge is 0.338 e. The van der Waals surface area contributed by atoms with Gasteiger partial charge in [0.25, 0.3) is 11.6 Å². The van der Waals surface area contributed by atoms with Gasteiger partial charge >= 0.3 is 0 Å². The molecule has 4 rings (SSSR count). The van der Waals surface area contributed by atoms with E-state index in [2.05, 4.69) is 15.5 Å². The van der Waals surface area contributed by atoms with Gasteiger partial charge in [-0.05, 0) is 36.1 Å². The van der Waals surface area contributed by atoms with Crippen molar-refractivity contribution in [3.63, 3.8) is 0 Å². The lowest BCUT2D eigenvalue weighted by molar-refractivity contribution is -0.128. The Kier molecular flexibility index (Phi) is 4.81. The highest BCUT2D eigenvalue weighted by atomic mass is 16.5. The minimum absolute atomic E-state index is 0.177. The molecule has 2 aromatic heterocycles. The first-order valence-electron chi connectivity index (χ1n) is 9.44. The maximum absolute atomic E-state index is 12.6. The molecule has 1 saturated heterocycles. The summed E-state index contributed by atoms with van der Waals surface area (Å²) in [6.45, 7) is 5.45. The Morgan fingerprint density at radius 3 is 2.75 bits per heavy atom. The molecule has 7 nitrogen and oxygen atoms in total. The number of nitrogens with zero attached hydrogens (tertiary/aromatic N) is 3. The van der Waals surface area contributed by atoms with Crippen LogP contribution in [-0.4, -0.2) is 33.4 Å². The Morgan fingerprint density at radius 1 is 1.29 bits per heavy atom. The quantitative estimate of drug-likeness (QED) is 0.731. The van der Waals surface area contributed by atoms with Crippen LogP contribution in [0.3, 0.4) is 0 Å². The van der Waals surface area contributed by atoms with Gasteiger partial charge in [-0.1, -0.05) is 31.1 Å². The van der Waals surface area contributed by atoms with Crippen molar-refractivity contribution in [3.8, 4) is 0 Å². The van der Waals surface area contributed by atoms with E-state index in [-0.39, 0.29) is 17.7 Å². The van der Waals surface area contributed by atoms with Gasteiger partial charge in [0.05, 0.1) is 16.6 Å². The fourth-order valence-corrected chi connectivity index (χ4v) is 3.38. The van der Waals surface area contributed by atoms with Crippen molar-refractivity contribution in [1.82, 2.24) is 15.0 Å². The van der Waals surface area contributed by atoms with Crippen LogP contribution in [0.2, 0.25) is 0 Å². The lowest BCUT2D eigenvalue weighted by Crippen LogP contribution is -2.23. The van der Waals surface area contributed by atoms with Crippen LogP contribution in [0.4, 0.5) is 5.69 Å². The fourth-order valence-electron chi connectivity index (χ4n) is 3.38. The number of anilines is 1. The number of pyridine rings is 1. The van der Waals surface area contributed by atoms with Crippen molar-refractivity contribution < 1.29 is 14.1 Å². The molecule has 1 fully saturated rings. The molecule has 3 heterocycles. The van der Waals surface area contributed by atoms with Crippen LogP contribution in [0.5, 0.6) is 0 Å². The molecule has 3 aromatic rings. The molecular formula is C21H22N4O3. The molecule has 1 N–H and O–H groups in total. The zero-order chi connectivity index (χ0) is 19.7. The average Bonchev–Trinajstić information content (AvgIpc) is 3.29. The van der Waals surface area contributed by atoms with Crippen LogP contribution >= 0.6 is 0 Å². The fraction of sp³-hybridized carbons (Fsp3) is 0.333. The maximum atomic E-state index is 12.6. The minimum atomic E-state index is -0.243. The highest BCUT2D eigenvalue weighted by Gasteiger charge is 2.20. The van der Waals surface area contributed by atoms with Crippen molar-refractivity contribution >= 4 is 28.6 Å². The monoisotopic (exact) mass is 378 g/mol. The van der Waals surface area contributed by atoms with E-state index in [1.54, 1.807) is 6.07 Å². The van der Waals surface area contributed by atoms with Crippen molar-refractivity contribution in [2.45, 2.75) is 39.2 Å². The zero-order valence-electron chi connectivity index (χ0n) is 15.9. The highest BCUT2D eigenvalue weighted by molar-refractivity contribution is 6.05. The number of carbonyl (C=O) groups is 2. The molecule has 1 aromatic carbocycles. The Morgan fingerprint density at radius 2 is 2.07 bits per heavy atom. The van der Waals surface area contributed by atoms with Crippen molar-refractivity contribution in [2.24, 2.45) is 0 Å². The van der Waals surface area contributed by atoms with E-state index in [9.17, 15) is 9.59 Å². The van der Waals surface area contributed by atoms with Gasteiger partial charge in [0.1, 0.15) is 0 Å². The third-order valence-corrected chi connectivity index (χ3v) is 4.92. The summed E-state index contributed by atoms with van der Waals surface area (Å²) in [6.07, 6.45) is 3.05. The molecule has 144 valence electrons. The normalized spacial score (nSPS) is 14.2. The van der Waals surface area contributed by atoms with Crippen molar-refractivity contribution in [3.05, 3.63) is 53.3 Å². The summed E-state index contributed by atoms with van der Waals surface area (Å²) in [4.78, 5) is 30.4. The minimum Gasteiger partial charge on any atom is -0.338 e. The van der Waals surface area contributed by atoms with Gasteiger partial charge in [-0.15, -0.1) is 0 Å². The lowest BCUT2D eigenvalue weighted by Gasteiger charge is -2.15. The number of rotatable bonds is 5. The molecule has 7 heteroatoms. The first kappa shape index (κ1) is 18.2. The lowest BCUT2D eigenvalue weighted by atomic mass is 10.1. The second kappa shape index (κ2) is 7.42. The molecule has 0 aliphatic carbocycles. The average molecular weight is 378 g/mol. The van der Waals surface area contributed by atoms with E-state index < -0.39 is 0 Å². The number of benzene rings is 1. The topological polar surface area (TPSA) is 88.3 Å². The Balaban J connectivity index is 1.46. The Bertz CT molecular complexity index is 1020. The molecule has 0 radical (unpaired) electrons. The van der Waals surface area contributed by atoms with Gasteiger partial charge in [0.2, 0.25) is 5.91 Å². The van der Waals surface area contributed by atoms with E-state index in [1.807, 2.05) is 43.0 Å². The number of likely N-dealkylation sites (tertiary alicyclic amines) is 1. The number of aromatic nitrogens is 2. The smallest absolute Gasteiger partial charge is 0.257 e. The number of nitrogens with one attached hydrogen (secondary N) is 1. The number of hydrogen-bond donors (Lipinski definition) is 1. The molecule has 0 atom stereocenters. The summed E-state index contributed by atoms with van der Waals surface area (Å²) in [5.41, 5.74) is 3.40. The molecule has 1 aliphatic rings. The van der Waals surface area contributed by atoms with E-state index in [4.69, 9.17) is 4.52 Å². The van der Waals surface area contributed by atoms with Crippen LogP contribution in [-0.2, 0) is 11.3 Å². The first-order chi connectivity index (χ1) is 13.5. The summed E-state index contributed by atoms with van der Waals surface area (Å²) in [5.74, 6) is 0.138. The molecule has 0 spiro atoms. The molecule has 0 bridgehead atoms. The molecule has 0 saturated carbocycles. The van der Waals surface area contributed by atoms with Crippen molar-refractivity contribution in [1.29, 1.82) is 0 Å². The van der Waals surface area contributed by atoms with Gasteiger partial charge in [-0.25, -0.2) is 4.98 Å². The zero-order valence-corrected chi connectivity index (χ0v) is 15.9. The summed E-state index contributed by atoms with van der Waals surface area (Å²) < 4.78 is 5.22. The maximum Gasteiger partial charge on any atom is 0.257 e. The Hall–Kier alpha value is -3.22. The van der Waals surface area contributed by atoms with E-state index in [1.165, 1.54) is 6.20 Å². The van der Waals surface area contributed by atoms with Crippen LogP contribution < -0.4 is 5.32 Å². The standard InChI is InChI=1S/C21H22N4O3/c1-13(2)19-17-10-15(11-22-21(17)28-24-19)20(27)23-16-7-5-14(6-8-16)12-25-9-3-4-18(25)26/h5-8,10-11,13H,3-4,9,12H2,1-2H3,(H,23,27). The SMILES string of the molecule is CC(C)c1noc2ncc(C(=O)Nc3ccc(CN4CCCC4=O)cc3)cc12. The van der Waals surface area contributed by atoms with Crippen molar-refractivity contribution in [2.75, 3.05) is 11.9 Å². The molecule has 28 heavy (non-hydrogen) atoms. The summed E-state index contributed by atoms with van der Waals surface area (Å²) in [5, 5.41) is 7.68. The summed E-state index contributed by atoms with van der Waals surface area (Å²) in [6, 6.07) is 9.31.